The number of nitrogen functional groups attached to an aromatic ring is 1. The van der Waals surface area contributed by atoms with E-state index in [1.807, 2.05) is 41.0 Å². The minimum absolute atomic E-state index is 0.148. The number of para-hydroxylation sites is 3. The molecule has 1 aromatic heterocycles. The van der Waals surface area contributed by atoms with E-state index in [9.17, 15) is 4.79 Å². The number of nitrogens with zero attached hydrogens (tertiary/aromatic N) is 1. The van der Waals surface area contributed by atoms with Crippen LogP contribution >= 0.6 is 11.6 Å². The van der Waals surface area contributed by atoms with Gasteiger partial charge in [0.15, 0.2) is 0 Å². The molecule has 0 saturated carbocycles. The van der Waals surface area contributed by atoms with Gasteiger partial charge in [-0.2, -0.15) is 0 Å². The van der Waals surface area contributed by atoms with Crippen molar-refractivity contribution in [2.45, 2.75) is 6.54 Å². The van der Waals surface area contributed by atoms with E-state index in [-0.39, 0.29) is 12.5 Å². The second-order valence-electron chi connectivity index (χ2n) is 4.76. The Kier molecular flexibility index (Phi) is 3.54. The predicted octanol–water partition coefficient (Wildman–Crippen LogP) is 3.52. The number of carbonyl (C=O) groups is 1. The normalized spacial score (nSPS) is 10.7. The highest BCUT2D eigenvalue weighted by Crippen LogP contribution is 2.25. The van der Waals surface area contributed by atoms with Crippen LogP contribution in [0.5, 0.6) is 0 Å². The number of benzene rings is 2. The van der Waals surface area contributed by atoms with Crippen molar-refractivity contribution in [1.82, 2.24) is 4.57 Å². The number of nitrogens with two attached hydrogens (primary N) is 1. The molecule has 21 heavy (non-hydrogen) atoms. The fraction of sp³-hybridized carbons (Fsp3) is 0.0625. The zero-order chi connectivity index (χ0) is 14.8. The maximum Gasteiger partial charge on any atom is 0.244 e. The van der Waals surface area contributed by atoms with Gasteiger partial charge in [-0.3, -0.25) is 4.79 Å². The number of amides is 1. The zero-order valence-corrected chi connectivity index (χ0v) is 12.0. The molecule has 4 nitrogen and oxygen atoms in total. The topological polar surface area (TPSA) is 60.0 Å². The molecule has 0 unspecified atom stereocenters. The predicted molar refractivity (Wildman–Crippen MR) is 86.4 cm³/mol. The summed E-state index contributed by atoms with van der Waals surface area (Å²) in [6, 6.07) is 14.9. The standard InChI is InChI=1S/C16H14ClN3O/c17-12-9-20(15-8-4-1-5-11(12)15)10-16(21)19-14-7-3-2-6-13(14)18/h1-9H,10,18H2,(H,19,21). The van der Waals surface area contributed by atoms with Gasteiger partial charge in [0.2, 0.25) is 5.91 Å². The summed E-state index contributed by atoms with van der Waals surface area (Å²) < 4.78 is 1.83. The van der Waals surface area contributed by atoms with Crippen LogP contribution in [0, 0.1) is 0 Å². The largest absolute Gasteiger partial charge is 0.397 e. The van der Waals surface area contributed by atoms with Gasteiger partial charge in [-0.25, -0.2) is 0 Å². The van der Waals surface area contributed by atoms with E-state index in [1.165, 1.54) is 0 Å². The number of hydrogen-bond acceptors (Lipinski definition) is 2. The van der Waals surface area contributed by atoms with Crippen molar-refractivity contribution in [3.8, 4) is 0 Å². The smallest absolute Gasteiger partial charge is 0.244 e. The summed E-state index contributed by atoms with van der Waals surface area (Å²) in [6.07, 6.45) is 1.76. The molecule has 0 radical (unpaired) electrons. The Balaban J connectivity index is 1.82. The Bertz CT molecular complexity index is 810. The van der Waals surface area contributed by atoms with Gasteiger partial charge in [-0.1, -0.05) is 41.9 Å². The summed E-state index contributed by atoms with van der Waals surface area (Å²) >= 11 is 6.17. The van der Waals surface area contributed by atoms with Gasteiger partial charge < -0.3 is 15.6 Å². The Morgan fingerprint density at radius 3 is 2.67 bits per heavy atom. The number of rotatable bonds is 3. The van der Waals surface area contributed by atoms with Crippen molar-refractivity contribution in [1.29, 1.82) is 0 Å². The molecular weight excluding hydrogens is 286 g/mol. The number of halogens is 1. The van der Waals surface area contributed by atoms with E-state index in [0.717, 1.165) is 10.9 Å². The van der Waals surface area contributed by atoms with Crippen LogP contribution in [-0.4, -0.2) is 10.5 Å². The first-order valence-electron chi connectivity index (χ1n) is 6.53. The van der Waals surface area contributed by atoms with Gasteiger partial charge in [-0.15, -0.1) is 0 Å². The Morgan fingerprint density at radius 1 is 1.14 bits per heavy atom. The highest BCUT2D eigenvalue weighted by molar-refractivity contribution is 6.35. The van der Waals surface area contributed by atoms with Crippen LogP contribution in [0.3, 0.4) is 0 Å². The third kappa shape index (κ3) is 2.71. The molecule has 1 amide bonds. The monoisotopic (exact) mass is 299 g/mol. The average Bonchev–Trinajstić information content (AvgIpc) is 2.79. The zero-order valence-electron chi connectivity index (χ0n) is 11.2. The number of hydrogen-bond donors (Lipinski definition) is 2. The fourth-order valence-corrected chi connectivity index (χ4v) is 2.57. The molecule has 0 saturated heterocycles. The van der Waals surface area contributed by atoms with Crippen molar-refractivity contribution in [3.05, 3.63) is 59.8 Å². The van der Waals surface area contributed by atoms with Crippen molar-refractivity contribution in [3.63, 3.8) is 0 Å². The van der Waals surface area contributed by atoms with Crippen molar-refractivity contribution in [2.24, 2.45) is 0 Å². The summed E-state index contributed by atoms with van der Waals surface area (Å²) in [4.78, 5) is 12.2. The molecule has 106 valence electrons. The molecule has 0 aliphatic rings. The summed E-state index contributed by atoms with van der Waals surface area (Å²) in [5.41, 5.74) is 7.90. The number of aromatic nitrogens is 1. The fourth-order valence-electron chi connectivity index (χ4n) is 2.29. The minimum Gasteiger partial charge on any atom is -0.397 e. The van der Waals surface area contributed by atoms with Crippen LogP contribution in [-0.2, 0) is 11.3 Å². The first-order chi connectivity index (χ1) is 10.1. The van der Waals surface area contributed by atoms with Gasteiger partial charge in [0.05, 0.1) is 21.9 Å². The molecule has 5 heteroatoms. The van der Waals surface area contributed by atoms with Crippen molar-refractivity contribution in [2.75, 3.05) is 11.1 Å². The number of carbonyl (C=O) groups excluding carboxylic acids is 1. The van der Waals surface area contributed by atoms with Crippen LogP contribution in [0.15, 0.2) is 54.7 Å². The lowest BCUT2D eigenvalue weighted by Gasteiger charge is -2.09. The summed E-state index contributed by atoms with van der Waals surface area (Å²) in [6.45, 7) is 0.182. The Morgan fingerprint density at radius 2 is 1.86 bits per heavy atom. The second kappa shape index (κ2) is 5.50. The van der Waals surface area contributed by atoms with Crippen LogP contribution in [0.1, 0.15) is 0 Å². The van der Waals surface area contributed by atoms with Gasteiger partial charge in [0, 0.05) is 11.6 Å². The SMILES string of the molecule is Nc1ccccc1NC(=O)Cn1cc(Cl)c2ccccc21. The third-order valence-electron chi connectivity index (χ3n) is 3.29. The Labute approximate surface area is 127 Å². The lowest BCUT2D eigenvalue weighted by molar-refractivity contribution is -0.116. The highest BCUT2D eigenvalue weighted by atomic mass is 35.5. The van der Waals surface area contributed by atoms with Gasteiger partial charge in [0.1, 0.15) is 6.54 Å². The van der Waals surface area contributed by atoms with Crippen molar-refractivity contribution < 1.29 is 4.79 Å². The molecule has 0 fully saturated rings. The molecule has 2 aromatic carbocycles. The van der Waals surface area contributed by atoms with Crippen LogP contribution in [0.25, 0.3) is 10.9 Å². The molecule has 0 bridgehead atoms. The molecule has 3 rings (SSSR count). The number of anilines is 2. The number of fused-ring (bicyclic) bond motifs is 1. The van der Waals surface area contributed by atoms with E-state index >= 15 is 0 Å². The first-order valence-corrected chi connectivity index (χ1v) is 6.90. The highest BCUT2D eigenvalue weighted by Gasteiger charge is 2.10. The quantitative estimate of drug-likeness (QED) is 0.727. The molecular formula is C16H14ClN3O. The third-order valence-corrected chi connectivity index (χ3v) is 3.59. The van der Waals surface area contributed by atoms with Crippen LogP contribution in [0.2, 0.25) is 5.02 Å². The van der Waals surface area contributed by atoms with Gasteiger partial charge in [-0.05, 0) is 18.2 Å². The van der Waals surface area contributed by atoms with E-state index in [0.29, 0.717) is 16.4 Å². The average molecular weight is 300 g/mol. The summed E-state index contributed by atoms with van der Waals surface area (Å²) in [5, 5.41) is 4.38. The summed E-state index contributed by atoms with van der Waals surface area (Å²) in [7, 11) is 0. The molecule has 0 aliphatic carbocycles. The summed E-state index contributed by atoms with van der Waals surface area (Å²) in [5.74, 6) is -0.148. The lowest BCUT2D eigenvalue weighted by atomic mass is 10.2. The van der Waals surface area contributed by atoms with Crippen molar-refractivity contribution >= 4 is 39.8 Å². The molecule has 3 N–H and O–H groups in total. The van der Waals surface area contributed by atoms with E-state index in [4.69, 9.17) is 17.3 Å². The number of nitrogens with one attached hydrogen (secondary N) is 1. The molecule has 1 heterocycles. The minimum atomic E-state index is -0.148. The van der Waals surface area contributed by atoms with E-state index < -0.39 is 0 Å². The maximum absolute atomic E-state index is 12.2. The van der Waals surface area contributed by atoms with Gasteiger partial charge >= 0.3 is 0 Å². The van der Waals surface area contributed by atoms with Crippen LogP contribution < -0.4 is 11.1 Å². The second-order valence-corrected chi connectivity index (χ2v) is 5.16. The molecule has 0 aliphatic heterocycles. The Hall–Kier alpha value is -2.46. The van der Waals surface area contributed by atoms with E-state index in [1.54, 1.807) is 18.3 Å². The van der Waals surface area contributed by atoms with Gasteiger partial charge in [0.25, 0.3) is 0 Å². The molecule has 0 atom stereocenters. The lowest BCUT2D eigenvalue weighted by Crippen LogP contribution is -2.18. The first kappa shape index (κ1) is 13.5. The van der Waals surface area contributed by atoms with E-state index in [2.05, 4.69) is 5.32 Å². The maximum atomic E-state index is 12.2. The molecule has 3 aromatic rings. The van der Waals surface area contributed by atoms with Crippen LogP contribution in [0.4, 0.5) is 11.4 Å². The molecule has 0 spiro atoms.